The van der Waals surface area contributed by atoms with Crippen LogP contribution >= 0.6 is 0 Å². The summed E-state index contributed by atoms with van der Waals surface area (Å²) in [7, 11) is 1.68. The van der Waals surface area contributed by atoms with E-state index in [2.05, 4.69) is 22.3 Å². The number of methoxy groups -OCH3 is 1. The lowest BCUT2D eigenvalue weighted by atomic mass is 10.0. The molecule has 2 aromatic rings. The van der Waals surface area contributed by atoms with E-state index in [1.807, 2.05) is 30.3 Å². The molecular weight excluding hydrogens is 380 g/mol. The minimum absolute atomic E-state index is 0.0159. The minimum Gasteiger partial charge on any atom is -0.497 e. The van der Waals surface area contributed by atoms with Gasteiger partial charge in [-0.25, -0.2) is 0 Å². The van der Waals surface area contributed by atoms with Gasteiger partial charge in [0.25, 0.3) is 0 Å². The molecule has 2 aliphatic rings. The maximum Gasteiger partial charge on any atom is 0.224 e. The van der Waals surface area contributed by atoms with Crippen LogP contribution in [0.5, 0.6) is 17.2 Å². The molecule has 0 bridgehead atoms. The van der Waals surface area contributed by atoms with Gasteiger partial charge in [-0.2, -0.15) is 0 Å². The molecule has 2 aromatic carbocycles. The van der Waals surface area contributed by atoms with E-state index in [1.165, 1.54) is 24.8 Å². The summed E-state index contributed by atoms with van der Waals surface area (Å²) in [6.07, 6.45) is 4.02. The number of hydrogen-bond acceptors (Lipinski definition) is 5. The van der Waals surface area contributed by atoms with E-state index in [9.17, 15) is 4.79 Å². The van der Waals surface area contributed by atoms with Gasteiger partial charge in [0.2, 0.25) is 5.91 Å². The first-order chi connectivity index (χ1) is 14.7. The zero-order valence-electron chi connectivity index (χ0n) is 17.6. The maximum atomic E-state index is 12.7. The molecule has 30 heavy (non-hydrogen) atoms. The fraction of sp³-hybridized carbons (Fsp3) is 0.458. The molecule has 0 radical (unpaired) electrons. The molecule has 1 N–H and O–H groups in total. The first-order valence-corrected chi connectivity index (χ1v) is 10.8. The summed E-state index contributed by atoms with van der Waals surface area (Å²) in [6, 6.07) is 14.1. The van der Waals surface area contributed by atoms with Crippen molar-refractivity contribution >= 4 is 5.91 Å². The zero-order valence-corrected chi connectivity index (χ0v) is 17.6. The molecule has 0 aromatic heterocycles. The SMILES string of the molecule is COc1ccc(C(CNC(=O)Cc2ccc3c(c2)OCCO3)N2CCCCC2)cc1. The molecule has 1 amide bonds. The second-order valence-corrected chi connectivity index (χ2v) is 7.84. The Morgan fingerprint density at radius 2 is 1.77 bits per heavy atom. The number of carbonyl (C=O) groups is 1. The summed E-state index contributed by atoms with van der Waals surface area (Å²) in [5.41, 5.74) is 2.13. The van der Waals surface area contributed by atoms with E-state index in [0.717, 1.165) is 35.9 Å². The highest BCUT2D eigenvalue weighted by molar-refractivity contribution is 5.78. The van der Waals surface area contributed by atoms with Crippen molar-refractivity contribution in [3.63, 3.8) is 0 Å². The predicted molar refractivity (Wildman–Crippen MR) is 115 cm³/mol. The monoisotopic (exact) mass is 410 g/mol. The molecule has 160 valence electrons. The standard InChI is InChI=1S/C24H30N2O4/c1-28-20-8-6-19(7-9-20)21(26-11-3-2-4-12-26)17-25-24(27)16-18-5-10-22-23(15-18)30-14-13-29-22/h5-10,15,21H,2-4,11-14,16-17H2,1H3,(H,25,27). The van der Waals surface area contributed by atoms with Gasteiger partial charge in [-0.3, -0.25) is 9.69 Å². The lowest BCUT2D eigenvalue weighted by Crippen LogP contribution is -2.41. The summed E-state index contributed by atoms with van der Waals surface area (Å²) in [4.78, 5) is 15.2. The Kier molecular flexibility index (Phi) is 6.74. The van der Waals surface area contributed by atoms with Gasteiger partial charge in [-0.1, -0.05) is 24.6 Å². The van der Waals surface area contributed by atoms with Crippen molar-refractivity contribution < 1.29 is 19.0 Å². The molecule has 1 fully saturated rings. The molecule has 1 atom stereocenters. The van der Waals surface area contributed by atoms with E-state index < -0.39 is 0 Å². The smallest absolute Gasteiger partial charge is 0.224 e. The van der Waals surface area contributed by atoms with Crippen molar-refractivity contribution in [3.05, 3.63) is 53.6 Å². The molecular formula is C24H30N2O4. The van der Waals surface area contributed by atoms with E-state index in [0.29, 0.717) is 26.2 Å². The van der Waals surface area contributed by atoms with Crippen molar-refractivity contribution in [2.75, 3.05) is 40.0 Å². The second kappa shape index (κ2) is 9.85. The third-order valence-corrected chi connectivity index (χ3v) is 5.80. The number of carbonyl (C=O) groups excluding carboxylic acids is 1. The van der Waals surface area contributed by atoms with Crippen LogP contribution in [0.1, 0.15) is 36.4 Å². The van der Waals surface area contributed by atoms with Crippen molar-refractivity contribution in [2.24, 2.45) is 0 Å². The topological polar surface area (TPSA) is 60.0 Å². The van der Waals surface area contributed by atoms with Gasteiger partial charge in [0.05, 0.1) is 19.6 Å². The van der Waals surface area contributed by atoms with Gasteiger partial charge >= 0.3 is 0 Å². The molecule has 0 aliphatic carbocycles. The average Bonchev–Trinajstić information content (AvgIpc) is 2.80. The van der Waals surface area contributed by atoms with Crippen molar-refractivity contribution in [1.29, 1.82) is 0 Å². The number of hydrogen-bond donors (Lipinski definition) is 1. The predicted octanol–water partition coefficient (Wildman–Crippen LogP) is 3.35. The summed E-state index contributed by atoms with van der Waals surface area (Å²) in [5.74, 6) is 2.33. The van der Waals surface area contributed by atoms with Crippen molar-refractivity contribution in [1.82, 2.24) is 10.2 Å². The van der Waals surface area contributed by atoms with Crippen LogP contribution < -0.4 is 19.5 Å². The number of benzene rings is 2. The summed E-state index contributed by atoms with van der Waals surface area (Å²) in [5, 5.41) is 3.15. The summed E-state index contributed by atoms with van der Waals surface area (Å²) >= 11 is 0. The number of piperidine rings is 1. The van der Waals surface area contributed by atoms with Crippen LogP contribution in [-0.2, 0) is 11.2 Å². The first kappa shape index (κ1) is 20.5. The Morgan fingerprint density at radius 1 is 1.03 bits per heavy atom. The fourth-order valence-corrected chi connectivity index (χ4v) is 4.17. The van der Waals surface area contributed by atoms with Crippen LogP contribution in [0, 0.1) is 0 Å². The fourth-order valence-electron chi connectivity index (χ4n) is 4.17. The Balaban J connectivity index is 1.40. The number of nitrogens with one attached hydrogen (secondary N) is 1. The number of ether oxygens (including phenoxy) is 3. The van der Waals surface area contributed by atoms with Gasteiger partial charge in [0, 0.05) is 6.54 Å². The molecule has 2 aliphatic heterocycles. The molecule has 2 heterocycles. The van der Waals surface area contributed by atoms with Gasteiger partial charge < -0.3 is 19.5 Å². The Labute approximate surface area is 178 Å². The maximum absolute atomic E-state index is 12.7. The third kappa shape index (κ3) is 5.05. The highest BCUT2D eigenvalue weighted by Gasteiger charge is 2.23. The van der Waals surface area contributed by atoms with Crippen molar-refractivity contribution in [2.45, 2.75) is 31.7 Å². The van der Waals surface area contributed by atoms with E-state index in [-0.39, 0.29) is 11.9 Å². The molecule has 1 saturated heterocycles. The number of fused-ring (bicyclic) bond motifs is 1. The Bertz CT molecular complexity index is 847. The second-order valence-electron chi connectivity index (χ2n) is 7.84. The normalized spacial score (nSPS) is 17.2. The third-order valence-electron chi connectivity index (χ3n) is 5.80. The molecule has 6 heteroatoms. The number of nitrogens with zero attached hydrogens (tertiary/aromatic N) is 1. The van der Waals surface area contributed by atoms with Crippen LogP contribution in [0.3, 0.4) is 0 Å². The lowest BCUT2D eigenvalue weighted by Gasteiger charge is -2.35. The van der Waals surface area contributed by atoms with Gasteiger partial charge in [0.15, 0.2) is 11.5 Å². The zero-order chi connectivity index (χ0) is 20.8. The average molecular weight is 411 g/mol. The molecule has 4 rings (SSSR count). The van der Waals surface area contributed by atoms with Crippen molar-refractivity contribution in [3.8, 4) is 17.2 Å². The number of likely N-dealkylation sites (tertiary alicyclic amines) is 1. The van der Waals surface area contributed by atoms with Gasteiger partial charge in [-0.05, 0) is 61.3 Å². The Hall–Kier alpha value is -2.73. The number of amides is 1. The Morgan fingerprint density at radius 3 is 2.50 bits per heavy atom. The van der Waals surface area contributed by atoms with Crippen LogP contribution in [-0.4, -0.2) is 50.8 Å². The van der Waals surface area contributed by atoms with E-state index in [1.54, 1.807) is 7.11 Å². The molecule has 0 saturated carbocycles. The first-order valence-electron chi connectivity index (χ1n) is 10.8. The van der Waals surface area contributed by atoms with E-state index >= 15 is 0 Å². The highest BCUT2D eigenvalue weighted by Crippen LogP contribution is 2.31. The van der Waals surface area contributed by atoms with Crippen LogP contribution in [0.4, 0.5) is 0 Å². The molecule has 6 nitrogen and oxygen atoms in total. The highest BCUT2D eigenvalue weighted by atomic mass is 16.6. The lowest BCUT2D eigenvalue weighted by molar-refractivity contribution is -0.120. The van der Waals surface area contributed by atoms with Gasteiger partial charge in [0.1, 0.15) is 19.0 Å². The van der Waals surface area contributed by atoms with Crippen LogP contribution in [0.25, 0.3) is 0 Å². The van der Waals surface area contributed by atoms with Crippen LogP contribution in [0.2, 0.25) is 0 Å². The molecule has 0 spiro atoms. The van der Waals surface area contributed by atoms with E-state index in [4.69, 9.17) is 14.2 Å². The largest absolute Gasteiger partial charge is 0.497 e. The number of rotatable bonds is 7. The summed E-state index contributed by atoms with van der Waals surface area (Å²) < 4.78 is 16.5. The minimum atomic E-state index is 0.0159. The van der Waals surface area contributed by atoms with Gasteiger partial charge in [-0.15, -0.1) is 0 Å². The van der Waals surface area contributed by atoms with Crippen LogP contribution in [0.15, 0.2) is 42.5 Å². The quantitative estimate of drug-likeness (QED) is 0.759. The summed E-state index contributed by atoms with van der Waals surface area (Å²) in [6.45, 7) is 3.83. The molecule has 1 unspecified atom stereocenters.